The number of nitrogens with two attached hydrogens (primary N) is 2. The summed E-state index contributed by atoms with van der Waals surface area (Å²) < 4.78 is 4.65. The van der Waals surface area contributed by atoms with Crippen LogP contribution in [0.1, 0.15) is 6.42 Å². The first kappa shape index (κ1) is 8.79. The summed E-state index contributed by atoms with van der Waals surface area (Å²) in [5, 5.41) is 2.52. The van der Waals surface area contributed by atoms with Crippen molar-refractivity contribution in [2.45, 2.75) is 18.6 Å². The van der Waals surface area contributed by atoms with Crippen LogP contribution in [0.25, 0.3) is 0 Å². The van der Waals surface area contributed by atoms with Gasteiger partial charge in [-0.2, -0.15) is 0 Å². The van der Waals surface area contributed by atoms with Crippen LogP contribution in [0.4, 0.5) is 4.79 Å². The average molecular weight is 173 g/mol. The van der Waals surface area contributed by atoms with E-state index in [9.17, 15) is 9.59 Å². The lowest BCUT2D eigenvalue weighted by atomic mass is 10.0. The Bertz CT molecular complexity index is 206. The largest absolute Gasteiger partial charge is 0.443 e. The van der Waals surface area contributed by atoms with Gasteiger partial charge >= 0.3 is 6.09 Å². The van der Waals surface area contributed by atoms with Crippen LogP contribution in [0.5, 0.6) is 0 Å². The molecule has 0 saturated carbocycles. The van der Waals surface area contributed by atoms with Crippen molar-refractivity contribution in [3.05, 3.63) is 0 Å². The molecule has 0 bridgehead atoms. The predicted octanol–water partition coefficient (Wildman–Crippen LogP) is -1.70. The maximum absolute atomic E-state index is 10.7. The monoisotopic (exact) mass is 173 g/mol. The molecule has 0 radical (unpaired) electrons. The van der Waals surface area contributed by atoms with Crippen molar-refractivity contribution in [1.29, 1.82) is 0 Å². The summed E-state index contributed by atoms with van der Waals surface area (Å²) in [5.41, 5.74) is 10.3. The van der Waals surface area contributed by atoms with Crippen molar-refractivity contribution in [2.24, 2.45) is 11.5 Å². The van der Waals surface area contributed by atoms with Gasteiger partial charge in [0.1, 0.15) is 6.10 Å². The van der Waals surface area contributed by atoms with E-state index in [2.05, 4.69) is 10.1 Å². The molecule has 1 rings (SSSR count). The van der Waals surface area contributed by atoms with Gasteiger partial charge in [-0.1, -0.05) is 0 Å². The average Bonchev–Trinajstić information content (AvgIpc) is 1.94. The Kier molecular flexibility index (Phi) is 2.49. The standard InChI is InChI=1S/C6H11N3O3/c7-3-1-5(10)9-2-4(3)12-6(8)11/h3-4H,1-2,7H2,(H2,8,11)(H,9,10)/t3-,4-/m1/s1. The third-order valence-corrected chi connectivity index (χ3v) is 1.67. The van der Waals surface area contributed by atoms with Gasteiger partial charge in [-0.15, -0.1) is 0 Å². The first-order chi connectivity index (χ1) is 5.59. The number of ether oxygens (including phenoxy) is 1. The molecule has 0 aromatic carbocycles. The third kappa shape index (κ3) is 2.09. The second-order valence-corrected chi connectivity index (χ2v) is 2.65. The Morgan fingerprint density at radius 2 is 2.33 bits per heavy atom. The molecule has 12 heavy (non-hydrogen) atoms. The molecule has 5 N–H and O–H groups in total. The smallest absolute Gasteiger partial charge is 0.404 e. The second-order valence-electron chi connectivity index (χ2n) is 2.65. The number of piperidine rings is 1. The molecule has 0 spiro atoms. The number of hydrogen-bond donors (Lipinski definition) is 3. The summed E-state index contributed by atoms with van der Waals surface area (Å²) in [6.07, 6.45) is -1.20. The summed E-state index contributed by atoms with van der Waals surface area (Å²) in [6.45, 7) is 0.239. The highest BCUT2D eigenvalue weighted by atomic mass is 16.6. The number of amides is 2. The van der Waals surface area contributed by atoms with Crippen LogP contribution in [-0.4, -0.2) is 30.7 Å². The fourth-order valence-electron chi connectivity index (χ4n) is 1.06. The van der Waals surface area contributed by atoms with E-state index in [4.69, 9.17) is 11.5 Å². The second kappa shape index (κ2) is 3.40. The SMILES string of the molecule is NC(=O)O[C@@H]1CNC(=O)C[C@H]1N. The van der Waals surface area contributed by atoms with Gasteiger partial charge in [0.05, 0.1) is 12.6 Å². The lowest BCUT2D eigenvalue weighted by Gasteiger charge is -2.27. The van der Waals surface area contributed by atoms with Crippen LogP contribution in [0.2, 0.25) is 0 Å². The molecule has 0 aliphatic carbocycles. The molecule has 0 aromatic rings. The van der Waals surface area contributed by atoms with E-state index in [0.717, 1.165) is 0 Å². The number of hydrogen-bond acceptors (Lipinski definition) is 4. The van der Waals surface area contributed by atoms with E-state index in [1.165, 1.54) is 0 Å². The number of carbonyl (C=O) groups is 2. The highest BCUT2D eigenvalue weighted by Gasteiger charge is 2.28. The van der Waals surface area contributed by atoms with E-state index >= 15 is 0 Å². The fraction of sp³-hybridized carbons (Fsp3) is 0.667. The van der Waals surface area contributed by atoms with Gasteiger partial charge in [0.15, 0.2) is 0 Å². The molecule has 0 unspecified atom stereocenters. The van der Waals surface area contributed by atoms with E-state index in [1.807, 2.05) is 0 Å². The zero-order valence-corrected chi connectivity index (χ0v) is 6.45. The van der Waals surface area contributed by atoms with Gasteiger partial charge in [0.2, 0.25) is 5.91 Å². The van der Waals surface area contributed by atoms with Crippen LogP contribution >= 0.6 is 0 Å². The molecule has 6 heteroatoms. The minimum Gasteiger partial charge on any atom is -0.443 e. The van der Waals surface area contributed by atoms with Crippen LogP contribution in [0, 0.1) is 0 Å². The zero-order chi connectivity index (χ0) is 9.14. The molecule has 2 amide bonds. The first-order valence-corrected chi connectivity index (χ1v) is 3.58. The normalized spacial score (nSPS) is 29.2. The molecule has 1 saturated heterocycles. The maximum Gasteiger partial charge on any atom is 0.404 e. The minimum atomic E-state index is -0.869. The molecule has 68 valence electrons. The van der Waals surface area contributed by atoms with Crippen molar-refractivity contribution >= 4 is 12.0 Å². The van der Waals surface area contributed by atoms with E-state index < -0.39 is 18.2 Å². The molecule has 1 fully saturated rings. The van der Waals surface area contributed by atoms with Crippen LogP contribution in [-0.2, 0) is 9.53 Å². The lowest BCUT2D eigenvalue weighted by Crippen LogP contribution is -2.53. The van der Waals surface area contributed by atoms with E-state index in [-0.39, 0.29) is 18.9 Å². The predicted molar refractivity (Wildman–Crippen MR) is 40.1 cm³/mol. The Balaban J connectivity index is 2.45. The van der Waals surface area contributed by atoms with Gasteiger partial charge in [0, 0.05) is 6.42 Å². The molecule has 1 aliphatic heterocycles. The molecule has 6 nitrogen and oxygen atoms in total. The van der Waals surface area contributed by atoms with Crippen molar-refractivity contribution in [2.75, 3.05) is 6.54 Å². The molecule has 2 atom stereocenters. The molecule has 0 aromatic heterocycles. The molecular weight excluding hydrogens is 162 g/mol. The van der Waals surface area contributed by atoms with E-state index in [0.29, 0.717) is 0 Å². The first-order valence-electron chi connectivity index (χ1n) is 3.58. The van der Waals surface area contributed by atoms with E-state index in [1.54, 1.807) is 0 Å². The van der Waals surface area contributed by atoms with Crippen LogP contribution < -0.4 is 16.8 Å². The van der Waals surface area contributed by atoms with Gasteiger partial charge in [0.25, 0.3) is 0 Å². The highest BCUT2D eigenvalue weighted by Crippen LogP contribution is 2.05. The zero-order valence-electron chi connectivity index (χ0n) is 6.45. The number of nitrogens with one attached hydrogen (secondary N) is 1. The van der Waals surface area contributed by atoms with Gasteiger partial charge in [-0.3, -0.25) is 4.79 Å². The van der Waals surface area contributed by atoms with Crippen LogP contribution in [0.3, 0.4) is 0 Å². The van der Waals surface area contributed by atoms with Gasteiger partial charge in [-0.05, 0) is 0 Å². The summed E-state index contributed by atoms with van der Waals surface area (Å²) in [7, 11) is 0. The summed E-state index contributed by atoms with van der Waals surface area (Å²) in [4.78, 5) is 21.1. The topological polar surface area (TPSA) is 107 Å². The number of rotatable bonds is 1. The Hall–Kier alpha value is -1.30. The minimum absolute atomic E-state index is 0.133. The lowest BCUT2D eigenvalue weighted by molar-refractivity contribution is -0.124. The molecular formula is C6H11N3O3. The van der Waals surface area contributed by atoms with Crippen molar-refractivity contribution in [1.82, 2.24) is 5.32 Å². The Morgan fingerprint density at radius 3 is 2.83 bits per heavy atom. The van der Waals surface area contributed by atoms with Gasteiger partial charge < -0.3 is 21.5 Å². The molecule has 1 aliphatic rings. The quantitative estimate of drug-likeness (QED) is 0.439. The summed E-state index contributed by atoms with van der Waals surface area (Å²) in [5.74, 6) is -0.133. The van der Waals surface area contributed by atoms with Crippen molar-refractivity contribution in [3.8, 4) is 0 Å². The Morgan fingerprint density at radius 1 is 1.67 bits per heavy atom. The number of carbonyl (C=O) groups excluding carboxylic acids is 2. The van der Waals surface area contributed by atoms with Crippen molar-refractivity contribution in [3.63, 3.8) is 0 Å². The van der Waals surface area contributed by atoms with Crippen LogP contribution in [0.15, 0.2) is 0 Å². The number of primary amides is 1. The van der Waals surface area contributed by atoms with Gasteiger partial charge in [-0.25, -0.2) is 4.79 Å². The Labute approximate surface area is 69.2 Å². The third-order valence-electron chi connectivity index (χ3n) is 1.67. The maximum atomic E-state index is 10.7. The molecule has 1 heterocycles. The summed E-state index contributed by atoms with van der Waals surface area (Å²) in [6, 6.07) is -0.453. The summed E-state index contributed by atoms with van der Waals surface area (Å²) >= 11 is 0. The van der Waals surface area contributed by atoms with Crippen molar-refractivity contribution < 1.29 is 14.3 Å². The fourth-order valence-corrected chi connectivity index (χ4v) is 1.06. The highest BCUT2D eigenvalue weighted by molar-refractivity contribution is 5.77.